The van der Waals surface area contributed by atoms with Gasteiger partial charge in [-0.05, 0) is 30.9 Å². The quantitative estimate of drug-likeness (QED) is 0.918. The first-order valence-corrected chi connectivity index (χ1v) is 6.93. The van der Waals surface area contributed by atoms with Crippen LogP contribution in [0.2, 0.25) is 0 Å². The van der Waals surface area contributed by atoms with E-state index in [2.05, 4.69) is 4.98 Å². The molecule has 0 unspecified atom stereocenters. The van der Waals surface area contributed by atoms with Gasteiger partial charge < -0.3 is 9.67 Å². The molecule has 0 amide bonds. The predicted molar refractivity (Wildman–Crippen MR) is 73.3 cm³/mol. The first-order valence-electron chi connectivity index (χ1n) is 6.93. The van der Waals surface area contributed by atoms with Crippen molar-refractivity contribution in [3.8, 4) is 0 Å². The van der Waals surface area contributed by atoms with E-state index >= 15 is 0 Å². The van der Waals surface area contributed by atoms with Crippen LogP contribution < -0.4 is 0 Å². The van der Waals surface area contributed by atoms with Crippen LogP contribution in [0.25, 0.3) is 11.0 Å². The number of imidazole rings is 1. The molecule has 0 spiro atoms. The zero-order chi connectivity index (χ0) is 13.2. The summed E-state index contributed by atoms with van der Waals surface area (Å²) in [6, 6.07) is 5.28. The van der Waals surface area contributed by atoms with E-state index in [-0.39, 0.29) is 0 Å². The minimum absolute atomic E-state index is 0.353. The van der Waals surface area contributed by atoms with E-state index in [0.717, 1.165) is 17.6 Å². The number of fused-ring (bicyclic) bond motifs is 1. The van der Waals surface area contributed by atoms with Crippen molar-refractivity contribution in [3.05, 3.63) is 30.1 Å². The molecule has 0 bridgehead atoms. The molecule has 1 fully saturated rings. The molecule has 0 atom stereocenters. The highest BCUT2D eigenvalue weighted by Gasteiger charge is 2.18. The van der Waals surface area contributed by atoms with E-state index in [1.54, 1.807) is 18.5 Å². The number of para-hydroxylation sites is 1. The molecule has 1 saturated carbocycles. The van der Waals surface area contributed by atoms with Crippen LogP contribution in [0.4, 0.5) is 0 Å². The van der Waals surface area contributed by atoms with Crippen molar-refractivity contribution < 1.29 is 9.90 Å². The lowest BCUT2D eigenvalue weighted by molar-refractivity contribution is 0.0698. The van der Waals surface area contributed by atoms with Gasteiger partial charge in [0.2, 0.25) is 0 Å². The molecule has 0 radical (unpaired) electrons. The Kier molecular flexibility index (Phi) is 3.23. The molecule has 3 rings (SSSR count). The minimum Gasteiger partial charge on any atom is -0.478 e. The number of aromatic nitrogens is 2. The lowest BCUT2D eigenvalue weighted by Gasteiger charge is -2.22. The number of aromatic carboxylic acids is 1. The topological polar surface area (TPSA) is 55.1 Å². The second-order valence-electron chi connectivity index (χ2n) is 5.38. The Morgan fingerprint density at radius 3 is 2.84 bits per heavy atom. The molecular formula is C15H18N2O2. The minimum atomic E-state index is -0.879. The van der Waals surface area contributed by atoms with Gasteiger partial charge in [0, 0.05) is 6.54 Å². The number of nitrogens with zero attached hydrogens (tertiary/aromatic N) is 2. The summed E-state index contributed by atoms with van der Waals surface area (Å²) in [5.74, 6) is -0.219. The Labute approximate surface area is 112 Å². The third kappa shape index (κ3) is 2.35. The molecule has 1 aliphatic carbocycles. The smallest absolute Gasteiger partial charge is 0.337 e. The summed E-state index contributed by atoms with van der Waals surface area (Å²) < 4.78 is 2.02. The second-order valence-corrected chi connectivity index (χ2v) is 5.38. The normalized spacial score (nSPS) is 16.8. The van der Waals surface area contributed by atoms with E-state index in [1.165, 1.54) is 32.1 Å². The van der Waals surface area contributed by atoms with Gasteiger partial charge in [-0.3, -0.25) is 0 Å². The monoisotopic (exact) mass is 258 g/mol. The van der Waals surface area contributed by atoms with Gasteiger partial charge in [-0.15, -0.1) is 0 Å². The van der Waals surface area contributed by atoms with Gasteiger partial charge in [-0.25, -0.2) is 9.78 Å². The third-order valence-electron chi connectivity index (χ3n) is 4.05. The summed E-state index contributed by atoms with van der Waals surface area (Å²) in [5, 5.41) is 9.29. The average Bonchev–Trinajstić information content (AvgIpc) is 2.83. The number of carboxylic acids is 1. The van der Waals surface area contributed by atoms with Gasteiger partial charge in [-0.2, -0.15) is 0 Å². The van der Waals surface area contributed by atoms with Crippen molar-refractivity contribution in [1.29, 1.82) is 0 Å². The molecule has 2 aromatic rings. The van der Waals surface area contributed by atoms with Crippen molar-refractivity contribution in [1.82, 2.24) is 9.55 Å². The van der Waals surface area contributed by atoms with E-state index in [1.807, 2.05) is 10.6 Å². The summed E-state index contributed by atoms with van der Waals surface area (Å²) in [4.78, 5) is 15.6. The fraction of sp³-hybridized carbons (Fsp3) is 0.467. The van der Waals surface area contributed by atoms with Crippen LogP contribution in [-0.4, -0.2) is 20.6 Å². The summed E-state index contributed by atoms with van der Waals surface area (Å²) in [6.07, 6.45) is 8.20. The highest BCUT2D eigenvalue weighted by molar-refractivity contribution is 6.01. The van der Waals surface area contributed by atoms with Crippen LogP contribution in [0.15, 0.2) is 24.5 Å². The highest BCUT2D eigenvalue weighted by Crippen LogP contribution is 2.27. The van der Waals surface area contributed by atoms with E-state index in [4.69, 9.17) is 0 Å². The molecule has 19 heavy (non-hydrogen) atoms. The first-order chi connectivity index (χ1) is 9.25. The van der Waals surface area contributed by atoms with Gasteiger partial charge in [0.05, 0.1) is 22.9 Å². The van der Waals surface area contributed by atoms with Crippen LogP contribution in [-0.2, 0) is 6.54 Å². The Morgan fingerprint density at radius 2 is 2.11 bits per heavy atom. The first kappa shape index (κ1) is 12.2. The largest absolute Gasteiger partial charge is 0.478 e. The van der Waals surface area contributed by atoms with Crippen LogP contribution in [0.5, 0.6) is 0 Å². The van der Waals surface area contributed by atoms with Crippen LogP contribution in [0.3, 0.4) is 0 Å². The fourth-order valence-electron chi connectivity index (χ4n) is 3.09. The van der Waals surface area contributed by atoms with E-state index in [9.17, 15) is 9.90 Å². The SMILES string of the molecule is O=C(O)c1cccc2ncn(CC3CCCCC3)c12. The predicted octanol–water partition coefficient (Wildman–Crippen LogP) is 3.31. The van der Waals surface area contributed by atoms with Gasteiger partial charge in [0.15, 0.2) is 0 Å². The standard InChI is InChI=1S/C15H18N2O2/c18-15(19)12-7-4-8-13-14(12)17(10-16-13)9-11-5-2-1-3-6-11/h4,7-8,10-11H,1-3,5-6,9H2,(H,18,19). The van der Waals surface area contributed by atoms with Crippen molar-refractivity contribution in [2.45, 2.75) is 38.6 Å². The molecule has 0 aliphatic heterocycles. The summed E-state index contributed by atoms with van der Waals surface area (Å²) in [5.41, 5.74) is 1.89. The molecule has 1 aromatic carbocycles. The number of benzene rings is 1. The molecule has 1 aromatic heterocycles. The van der Waals surface area contributed by atoms with Crippen LogP contribution in [0.1, 0.15) is 42.5 Å². The number of carbonyl (C=O) groups is 1. The molecular weight excluding hydrogens is 240 g/mol. The van der Waals surface area contributed by atoms with Gasteiger partial charge in [0.25, 0.3) is 0 Å². The van der Waals surface area contributed by atoms with E-state index < -0.39 is 5.97 Å². The number of rotatable bonds is 3. The van der Waals surface area contributed by atoms with Crippen LogP contribution >= 0.6 is 0 Å². The maximum Gasteiger partial charge on any atom is 0.337 e. The molecule has 4 nitrogen and oxygen atoms in total. The molecule has 1 heterocycles. The Hall–Kier alpha value is -1.84. The van der Waals surface area contributed by atoms with Gasteiger partial charge in [-0.1, -0.05) is 25.3 Å². The molecule has 4 heteroatoms. The third-order valence-corrected chi connectivity index (χ3v) is 4.05. The molecule has 1 N–H and O–H groups in total. The van der Waals surface area contributed by atoms with Crippen molar-refractivity contribution in [3.63, 3.8) is 0 Å². The molecule has 100 valence electrons. The summed E-state index contributed by atoms with van der Waals surface area (Å²) in [7, 11) is 0. The zero-order valence-electron chi connectivity index (χ0n) is 10.9. The maximum absolute atomic E-state index is 11.3. The van der Waals surface area contributed by atoms with Crippen LogP contribution in [0, 0.1) is 5.92 Å². The fourth-order valence-corrected chi connectivity index (χ4v) is 3.09. The lowest BCUT2D eigenvalue weighted by atomic mass is 9.89. The summed E-state index contributed by atoms with van der Waals surface area (Å²) >= 11 is 0. The number of hydrogen-bond donors (Lipinski definition) is 1. The molecule has 0 saturated heterocycles. The van der Waals surface area contributed by atoms with Crippen molar-refractivity contribution in [2.24, 2.45) is 5.92 Å². The Morgan fingerprint density at radius 1 is 1.32 bits per heavy atom. The zero-order valence-corrected chi connectivity index (χ0v) is 10.9. The Balaban J connectivity index is 1.96. The Bertz CT molecular complexity index is 597. The summed E-state index contributed by atoms with van der Waals surface area (Å²) in [6.45, 7) is 0.890. The van der Waals surface area contributed by atoms with Crippen molar-refractivity contribution >= 4 is 17.0 Å². The number of carboxylic acid groups (broad SMARTS) is 1. The van der Waals surface area contributed by atoms with E-state index in [0.29, 0.717) is 11.5 Å². The molecule has 1 aliphatic rings. The van der Waals surface area contributed by atoms with Crippen molar-refractivity contribution in [2.75, 3.05) is 0 Å². The highest BCUT2D eigenvalue weighted by atomic mass is 16.4. The second kappa shape index (κ2) is 5.03. The average molecular weight is 258 g/mol. The maximum atomic E-state index is 11.3. The van der Waals surface area contributed by atoms with Gasteiger partial charge in [0.1, 0.15) is 0 Å². The van der Waals surface area contributed by atoms with Gasteiger partial charge >= 0.3 is 5.97 Å². The number of hydrogen-bond acceptors (Lipinski definition) is 2. The lowest BCUT2D eigenvalue weighted by Crippen LogP contribution is -2.14.